The second kappa shape index (κ2) is 10.6. The molecule has 1 aromatic rings. The van der Waals surface area contributed by atoms with Gasteiger partial charge in [-0.2, -0.15) is 4.31 Å². The monoisotopic (exact) mass is 469 g/mol. The van der Waals surface area contributed by atoms with Crippen molar-refractivity contribution in [3.8, 4) is 0 Å². The van der Waals surface area contributed by atoms with Crippen LogP contribution in [0.4, 0.5) is 10.5 Å². The number of nitrogens with one attached hydrogen (secondary N) is 1. The molecule has 2 aliphatic heterocycles. The minimum Gasteiger partial charge on any atom is -0.374 e. The van der Waals surface area contributed by atoms with Crippen molar-refractivity contribution in [3.63, 3.8) is 0 Å². The summed E-state index contributed by atoms with van der Waals surface area (Å²) in [5.74, 6) is 0.568. The van der Waals surface area contributed by atoms with E-state index in [0.29, 0.717) is 19.1 Å². The van der Waals surface area contributed by atoms with Crippen LogP contribution in [0.1, 0.15) is 13.8 Å². The fourth-order valence-corrected chi connectivity index (χ4v) is 5.40. The maximum atomic E-state index is 12.8. The first-order valence-electron chi connectivity index (χ1n) is 10.8. The predicted octanol–water partition coefficient (Wildman–Crippen LogP) is 0.968. The van der Waals surface area contributed by atoms with Crippen molar-refractivity contribution in [2.24, 2.45) is 5.92 Å². The SMILES string of the molecule is CC(C)CN1CCO[C@@H](CNC(=O)N2CCN(S(=O)(=O)c3cccc([N+](=O)[O-])c3)CC2)C1. The van der Waals surface area contributed by atoms with Gasteiger partial charge in [0, 0.05) is 64.5 Å². The molecule has 2 amide bonds. The van der Waals surface area contributed by atoms with Crippen LogP contribution in [0.3, 0.4) is 0 Å². The summed E-state index contributed by atoms with van der Waals surface area (Å²) in [6, 6.07) is 4.75. The Bertz CT molecular complexity index is 917. The number of urea groups is 1. The lowest BCUT2D eigenvalue weighted by molar-refractivity contribution is -0.385. The van der Waals surface area contributed by atoms with Crippen LogP contribution in [0.15, 0.2) is 29.2 Å². The summed E-state index contributed by atoms with van der Waals surface area (Å²) >= 11 is 0. The molecule has 32 heavy (non-hydrogen) atoms. The standard InChI is InChI=1S/C20H31N5O6S/c1-16(2)14-22-10-11-31-18(15-22)13-21-20(26)23-6-8-24(9-7-23)32(29,30)19-5-3-4-17(12-19)25(27)28/h3-5,12,16,18H,6-11,13-15H2,1-2H3,(H,21,26)/t18-/m0/s1. The molecule has 11 nitrogen and oxygen atoms in total. The molecular formula is C20H31N5O6S. The summed E-state index contributed by atoms with van der Waals surface area (Å²) in [5, 5.41) is 13.8. The van der Waals surface area contributed by atoms with E-state index in [0.717, 1.165) is 25.7 Å². The number of carbonyl (C=O) groups excluding carboxylic acids is 1. The summed E-state index contributed by atoms with van der Waals surface area (Å²) in [5.41, 5.74) is -0.277. The fourth-order valence-electron chi connectivity index (χ4n) is 3.94. The van der Waals surface area contributed by atoms with Gasteiger partial charge >= 0.3 is 6.03 Å². The lowest BCUT2D eigenvalue weighted by Crippen LogP contribution is -2.55. The average molecular weight is 470 g/mol. The highest BCUT2D eigenvalue weighted by molar-refractivity contribution is 7.89. The number of hydrogen-bond acceptors (Lipinski definition) is 7. The number of benzene rings is 1. The highest BCUT2D eigenvalue weighted by atomic mass is 32.2. The number of carbonyl (C=O) groups is 1. The largest absolute Gasteiger partial charge is 0.374 e. The van der Waals surface area contributed by atoms with Crippen molar-refractivity contribution in [1.82, 2.24) is 19.4 Å². The summed E-state index contributed by atoms with van der Waals surface area (Å²) in [7, 11) is -3.87. The number of nitro groups is 1. The third-order valence-electron chi connectivity index (χ3n) is 5.52. The van der Waals surface area contributed by atoms with E-state index in [-0.39, 0.29) is 48.9 Å². The van der Waals surface area contributed by atoms with Gasteiger partial charge in [0.05, 0.1) is 22.5 Å². The first-order chi connectivity index (χ1) is 15.2. The Morgan fingerprint density at radius 3 is 2.62 bits per heavy atom. The number of rotatable bonds is 7. The Kier molecular flexibility index (Phi) is 8.04. The molecule has 2 saturated heterocycles. The summed E-state index contributed by atoms with van der Waals surface area (Å²) < 4.78 is 32.7. The second-order valence-corrected chi connectivity index (χ2v) is 10.4. The van der Waals surface area contributed by atoms with Crippen LogP contribution >= 0.6 is 0 Å². The second-order valence-electron chi connectivity index (χ2n) is 8.48. The molecule has 0 aliphatic carbocycles. The maximum Gasteiger partial charge on any atom is 0.317 e. The zero-order chi connectivity index (χ0) is 23.3. The third kappa shape index (κ3) is 6.15. The Morgan fingerprint density at radius 2 is 1.97 bits per heavy atom. The third-order valence-corrected chi connectivity index (χ3v) is 7.41. The number of nitrogens with zero attached hydrogens (tertiary/aromatic N) is 4. The molecule has 0 radical (unpaired) electrons. The average Bonchev–Trinajstić information content (AvgIpc) is 2.77. The highest BCUT2D eigenvalue weighted by Gasteiger charge is 2.31. The molecule has 12 heteroatoms. The number of amides is 2. The van der Waals surface area contributed by atoms with E-state index in [4.69, 9.17) is 4.74 Å². The van der Waals surface area contributed by atoms with Crippen molar-refractivity contribution in [3.05, 3.63) is 34.4 Å². The summed E-state index contributed by atoms with van der Waals surface area (Å²) in [4.78, 5) is 26.7. The van der Waals surface area contributed by atoms with Gasteiger partial charge in [-0.25, -0.2) is 13.2 Å². The number of hydrogen-bond donors (Lipinski definition) is 1. The van der Waals surface area contributed by atoms with Crippen LogP contribution in [0, 0.1) is 16.0 Å². The van der Waals surface area contributed by atoms with E-state index in [1.807, 2.05) is 0 Å². The molecule has 2 aliphatic rings. The number of piperazine rings is 1. The van der Waals surface area contributed by atoms with Crippen LogP contribution in [0.25, 0.3) is 0 Å². The number of morpholine rings is 1. The lowest BCUT2D eigenvalue weighted by atomic mass is 10.2. The highest BCUT2D eigenvalue weighted by Crippen LogP contribution is 2.22. The van der Waals surface area contributed by atoms with Crippen LogP contribution in [-0.4, -0.2) is 98.5 Å². The maximum absolute atomic E-state index is 12.8. The molecule has 0 unspecified atom stereocenters. The topological polar surface area (TPSA) is 125 Å². The van der Waals surface area contributed by atoms with Gasteiger partial charge in [-0.05, 0) is 12.0 Å². The van der Waals surface area contributed by atoms with Crippen LogP contribution in [0.5, 0.6) is 0 Å². The van der Waals surface area contributed by atoms with E-state index in [1.54, 1.807) is 4.90 Å². The van der Waals surface area contributed by atoms with E-state index < -0.39 is 14.9 Å². The van der Waals surface area contributed by atoms with Crippen LogP contribution in [0.2, 0.25) is 0 Å². The zero-order valence-corrected chi connectivity index (χ0v) is 19.3. The molecule has 1 atom stereocenters. The van der Waals surface area contributed by atoms with Gasteiger partial charge in [-0.1, -0.05) is 19.9 Å². The molecule has 0 aromatic heterocycles. The van der Waals surface area contributed by atoms with Gasteiger partial charge in [-0.3, -0.25) is 15.0 Å². The molecule has 1 N–H and O–H groups in total. The minimum absolute atomic E-state index is 0.0676. The number of sulfonamides is 1. The van der Waals surface area contributed by atoms with Crippen molar-refractivity contribution >= 4 is 21.7 Å². The van der Waals surface area contributed by atoms with Crippen LogP contribution < -0.4 is 5.32 Å². The molecule has 0 bridgehead atoms. The van der Waals surface area contributed by atoms with Gasteiger partial charge in [-0.15, -0.1) is 0 Å². The molecule has 2 heterocycles. The van der Waals surface area contributed by atoms with E-state index in [1.165, 1.54) is 22.5 Å². The van der Waals surface area contributed by atoms with Crippen molar-refractivity contribution in [1.29, 1.82) is 0 Å². The Labute approximate surface area is 188 Å². The Hall–Kier alpha value is -2.28. The van der Waals surface area contributed by atoms with Crippen LogP contribution in [-0.2, 0) is 14.8 Å². The van der Waals surface area contributed by atoms with Crippen molar-refractivity contribution in [2.45, 2.75) is 24.8 Å². The molecule has 178 valence electrons. The smallest absolute Gasteiger partial charge is 0.317 e. The first-order valence-corrected chi connectivity index (χ1v) is 12.2. The molecule has 0 spiro atoms. The Balaban J connectivity index is 1.49. The lowest BCUT2D eigenvalue weighted by Gasteiger charge is -2.36. The van der Waals surface area contributed by atoms with E-state index in [9.17, 15) is 23.3 Å². The quantitative estimate of drug-likeness (QED) is 0.466. The van der Waals surface area contributed by atoms with Crippen molar-refractivity contribution in [2.75, 3.05) is 59.0 Å². The van der Waals surface area contributed by atoms with Gasteiger partial charge in [0.2, 0.25) is 10.0 Å². The Morgan fingerprint density at radius 1 is 1.25 bits per heavy atom. The number of ether oxygens (including phenoxy) is 1. The molecular weight excluding hydrogens is 438 g/mol. The number of nitro benzene ring substituents is 1. The van der Waals surface area contributed by atoms with Gasteiger partial charge in [0.1, 0.15) is 0 Å². The first kappa shape index (κ1) is 24.4. The van der Waals surface area contributed by atoms with Gasteiger partial charge in [0.15, 0.2) is 0 Å². The zero-order valence-electron chi connectivity index (χ0n) is 18.5. The summed E-state index contributed by atoms with van der Waals surface area (Å²) in [6.45, 7) is 8.78. The van der Waals surface area contributed by atoms with Gasteiger partial charge < -0.3 is 15.0 Å². The van der Waals surface area contributed by atoms with Gasteiger partial charge in [0.25, 0.3) is 5.69 Å². The molecule has 3 rings (SSSR count). The molecule has 1 aromatic carbocycles. The number of non-ortho nitro benzene ring substituents is 1. The normalized spacial score (nSPS) is 21.0. The van der Waals surface area contributed by atoms with Crippen molar-refractivity contribution < 1.29 is 22.9 Å². The summed E-state index contributed by atoms with van der Waals surface area (Å²) in [6.07, 6.45) is -0.0676. The minimum atomic E-state index is -3.87. The van der Waals surface area contributed by atoms with E-state index >= 15 is 0 Å². The molecule has 0 saturated carbocycles. The predicted molar refractivity (Wildman–Crippen MR) is 118 cm³/mol. The fraction of sp³-hybridized carbons (Fsp3) is 0.650. The van der Waals surface area contributed by atoms with E-state index in [2.05, 4.69) is 24.1 Å². The molecule has 2 fully saturated rings.